The van der Waals surface area contributed by atoms with E-state index in [2.05, 4.69) is 5.32 Å². The second-order valence-electron chi connectivity index (χ2n) is 7.88. The molecular weight excluding hydrogens is 412 g/mol. The lowest BCUT2D eigenvalue weighted by molar-refractivity contribution is -0.116. The van der Waals surface area contributed by atoms with Gasteiger partial charge in [-0.05, 0) is 42.7 Å². The third-order valence-corrected chi connectivity index (χ3v) is 6.95. The highest BCUT2D eigenvalue weighted by Gasteiger charge is 2.33. The first-order valence-corrected chi connectivity index (χ1v) is 12.0. The maximum Gasteiger partial charge on any atom is 0.236 e. The number of anilines is 2. The van der Waals surface area contributed by atoms with E-state index in [0.717, 1.165) is 29.5 Å². The summed E-state index contributed by atoms with van der Waals surface area (Å²) in [6.45, 7) is 0.448. The number of sulfonamides is 1. The van der Waals surface area contributed by atoms with E-state index in [1.807, 2.05) is 60.7 Å². The average Bonchev–Trinajstić information content (AvgIpc) is 2.76. The van der Waals surface area contributed by atoms with Crippen LogP contribution in [0.25, 0.3) is 0 Å². The Morgan fingerprint density at radius 3 is 2.29 bits per heavy atom. The van der Waals surface area contributed by atoms with Crippen molar-refractivity contribution in [3.05, 3.63) is 83.4 Å². The van der Waals surface area contributed by atoms with Gasteiger partial charge in [0.05, 0.1) is 17.9 Å². The number of fused-ring (bicyclic) bond motifs is 3. The van der Waals surface area contributed by atoms with Crippen LogP contribution in [-0.4, -0.2) is 27.1 Å². The number of hydrogen-bond acceptors (Lipinski definition) is 4. The van der Waals surface area contributed by atoms with Gasteiger partial charge < -0.3 is 10.1 Å². The molecule has 0 aromatic heterocycles. The summed E-state index contributed by atoms with van der Waals surface area (Å²) in [5, 5.41) is 3.00. The smallest absolute Gasteiger partial charge is 0.236 e. The molecule has 1 amide bonds. The molecule has 3 aromatic rings. The van der Waals surface area contributed by atoms with Crippen LogP contribution in [0.2, 0.25) is 0 Å². The van der Waals surface area contributed by atoms with Gasteiger partial charge in [0, 0.05) is 23.4 Å². The molecule has 0 unspecified atom stereocenters. The van der Waals surface area contributed by atoms with Crippen molar-refractivity contribution in [1.82, 2.24) is 0 Å². The molecular formula is C24H22N2O4S. The molecule has 0 radical (unpaired) electrons. The normalized spacial score (nSPS) is 15.3. The zero-order valence-corrected chi connectivity index (χ0v) is 17.9. The van der Waals surface area contributed by atoms with Crippen molar-refractivity contribution in [2.75, 3.05) is 22.4 Å². The number of nitrogens with one attached hydrogen (secondary N) is 1. The zero-order chi connectivity index (χ0) is 21.6. The van der Waals surface area contributed by atoms with Gasteiger partial charge in [-0.25, -0.2) is 8.42 Å². The van der Waals surface area contributed by atoms with E-state index in [0.29, 0.717) is 29.4 Å². The number of nitrogens with zero attached hydrogens (tertiary/aromatic N) is 1. The van der Waals surface area contributed by atoms with Crippen LogP contribution in [0.1, 0.15) is 29.0 Å². The standard InChI is InChI=1S/C24H22N2O4S/c1-31(28,29)26-14-6-7-16-12-13-17(15-20(16)26)25-24(27)23-18-8-2-4-10-21(18)30-22-11-5-3-9-19(22)23/h2-5,8-13,15,23H,6-7,14H2,1H3,(H,25,27). The molecule has 0 aliphatic carbocycles. The first-order valence-electron chi connectivity index (χ1n) is 10.2. The lowest BCUT2D eigenvalue weighted by Gasteiger charge is -2.30. The first kappa shape index (κ1) is 19.6. The predicted octanol–water partition coefficient (Wildman–Crippen LogP) is 4.28. The molecule has 6 nitrogen and oxygen atoms in total. The summed E-state index contributed by atoms with van der Waals surface area (Å²) in [6, 6.07) is 20.5. The number of ether oxygens (including phenoxy) is 1. The highest BCUT2D eigenvalue weighted by molar-refractivity contribution is 7.92. The summed E-state index contributed by atoms with van der Waals surface area (Å²) in [4.78, 5) is 13.4. The van der Waals surface area contributed by atoms with Gasteiger partial charge >= 0.3 is 0 Å². The SMILES string of the molecule is CS(=O)(=O)N1CCCc2ccc(NC(=O)C3c4ccccc4Oc4ccccc43)cc21. The topological polar surface area (TPSA) is 75.7 Å². The highest BCUT2D eigenvalue weighted by atomic mass is 32.2. The predicted molar refractivity (Wildman–Crippen MR) is 120 cm³/mol. The Morgan fingerprint density at radius 1 is 1.00 bits per heavy atom. The molecule has 3 aromatic carbocycles. The molecule has 2 heterocycles. The molecule has 158 valence electrons. The third-order valence-electron chi connectivity index (χ3n) is 5.77. The zero-order valence-electron chi connectivity index (χ0n) is 17.0. The Bertz CT molecular complexity index is 1240. The number of benzene rings is 3. The second kappa shape index (κ2) is 7.42. The molecule has 1 N–H and O–H groups in total. The van der Waals surface area contributed by atoms with E-state index < -0.39 is 15.9 Å². The van der Waals surface area contributed by atoms with Crippen molar-refractivity contribution in [2.45, 2.75) is 18.8 Å². The van der Waals surface area contributed by atoms with Gasteiger partial charge in [-0.3, -0.25) is 9.10 Å². The number of amides is 1. The summed E-state index contributed by atoms with van der Waals surface area (Å²) < 4.78 is 31.9. The van der Waals surface area contributed by atoms with Crippen LogP contribution in [0.3, 0.4) is 0 Å². The Balaban J connectivity index is 1.51. The molecule has 5 rings (SSSR count). The molecule has 0 spiro atoms. The Hall–Kier alpha value is -3.32. The van der Waals surface area contributed by atoms with Crippen LogP contribution in [-0.2, 0) is 21.2 Å². The summed E-state index contributed by atoms with van der Waals surface area (Å²) in [5.74, 6) is 0.609. The van der Waals surface area contributed by atoms with Crippen molar-refractivity contribution in [1.29, 1.82) is 0 Å². The van der Waals surface area contributed by atoms with Gasteiger partial charge in [0.25, 0.3) is 0 Å². The average molecular weight is 435 g/mol. The van der Waals surface area contributed by atoms with Crippen molar-refractivity contribution < 1.29 is 17.9 Å². The van der Waals surface area contributed by atoms with Crippen LogP contribution >= 0.6 is 0 Å². The minimum Gasteiger partial charge on any atom is -0.457 e. The van der Waals surface area contributed by atoms with Gasteiger partial charge in [-0.2, -0.15) is 0 Å². The van der Waals surface area contributed by atoms with E-state index >= 15 is 0 Å². The van der Waals surface area contributed by atoms with Crippen LogP contribution in [0.5, 0.6) is 11.5 Å². The molecule has 0 atom stereocenters. The maximum absolute atomic E-state index is 13.4. The monoisotopic (exact) mass is 434 g/mol. The number of hydrogen-bond donors (Lipinski definition) is 1. The molecule has 0 saturated carbocycles. The highest BCUT2D eigenvalue weighted by Crippen LogP contribution is 2.44. The molecule has 2 aliphatic heterocycles. The summed E-state index contributed by atoms with van der Waals surface area (Å²) >= 11 is 0. The molecule has 2 aliphatic rings. The largest absolute Gasteiger partial charge is 0.457 e. The Kier molecular flexibility index (Phi) is 4.70. The number of carbonyl (C=O) groups excluding carboxylic acids is 1. The van der Waals surface area contributed by atoms with Crippen LogP contribution < -0.4 is 14.4 Å². The van der Waals surface area contributed by atoms with Crippen molar-refractivity contribution in [2.24, 2.45) is 0 Å². The summed E-state index contributed by atoms with van der Waals surface area (Å²) in [6.07, 6.45) is 2.81. The summed E-state index contributed by atoms with van der Waals surface area (Å²) in [7, 11) is -3.38. The fourth-order valence-electron chi connectivity index (χ4n) is 4.37. The van der Waals surface area contributed by atoms with Crippen LogP contribution in [0.4, 0.5) is 11.4 Å². The van der Waals surface area contributed by atoms with Crippen molar-refractivity contribution >= 4 is 27.3 Å². The quantitative estimate of drug-likeness (QED) is 0.668. The lowest BCUT2D eigenvalue weighted by Crippen LogP contribution is -2.34. The third kappa shape index (κ3) is 3.55. The van der Waals surface area contributed by atoms with Gasteiger partial charge in [0.15, 0.2) is 0 Å². The van der Waals surface area contributed by atoms with Gasteiger partial charge in [-0.15, -0.1) is 0 Å². The molecule has 0 bridgehead atoms. The number of para-hydroxylation sites is 2. The maximum atomic E-state index is 13.4. The molecule has 7 heteroatoms. The van der Waals surface area contributed by atoms with Gasteiger partial charge in [0.1, 0.15) is 11.5 Å². The van der Waals surface area contributed by atoms with E-state index in [9.17, 15) is 13.2 Å². The minimum atomic E-state index is -3.38. The second-order valence-corrected chi connectivity index (χ2v) is 9.79. The Labute approximate surface area is 181 Å². The van der Waals surface area contributed by atoms with Gasteiger partial charge in [0.2, 0.25) is 15.9 Å². The first-order chi connectivity index (χ1) is 14.9. The summed E-state index contributed by atoms with van der Waals surface area (Å²) in [5.41, 5.74) is 3.78. The number of rotatable bonds is 3. The minimum absolute atomic E-state index is 0.190. The van der Waals surface area contributed by atoms with Crippen LogP contribution in [0.15, 0.2) is 66.7 Å². The van der Waals surface area contributed by atoms with E-state index in [1.54, 1.807) is 6.07 Å². The molecule has 0 saturated heterocycles. The van der Waals surface area contributed by atoms with Crippen LogP contribution in [0, 0.1) is 0 Å². The van der Waals surface area contributed by atoms with E-state index in [4.69, 9.17) is 4.74 Å². The number of carbonyl (C=O) groups is 1. The number of aryl methyl sites for hydroxylation is 1. The Morgan fingerprint density at radius 2 is 1.65 bits per heavy atom. The van der Waals surface area contributed by atoms with E-state index in [1.165, 1.54) is 10.6 Å². The van der Waals surface area contributed by atoms with Gasteiger partial charge in [-0.1, -0.05) is 42.5 Å². The van der Waals surface area contributed by atoms with Crippen molar-refractivity contribution in [3.8, 4) is 11.5 Å². The van der Waals surface area contributed by atoms with E-state index in [-0.39, 0.29) is 5.91 Å². The fourth-order valence-corrected chi connectivity index (χ4v) is 5.36. The van der Waals surface area contributed by atoms with Crippen molar-refractivity contribution in [3.63, 3.8) is 0 Å². The lowest BCUT2D eigenvalue weighted by atomic mass is 9.87. The fraction of sp³-hybridized carbons (Fsp3) is 0.208. The molecule has 31 heavy (non-hydrogen) atoms. The molecule has 0 fully saturated rings.